The Labute approximate surface area is 123 Å². The lowest BCUT2D eigenvalue weighted by Crippen LogP contribution is -2.40. The van der Waals surface area contributed by atoms with Gasteiger partial charge in [0.25, 0.3) is 10.2 Å². The third-order valence-electron chi connectivity index (χ3n) is 3.60. The number of hydrogen-bond donors (Lipinski definition) is 2. The van der Waals surface area contributed by atoms with Gasteiger partial charge in [-0.3, -0.25) is 0 Å². The van der Waals surface area contributed by atoms with E-state index in [1.165, 1.54) is 23.6 Å². The van der Waals surface area contributed by atoms with Gasteiger partial charge in [-0.25, -0.2) is 0 Å². The molecule has 0 aromatic heterocycles. The zero-order valence-corrected chi connectivity index (χ0v) is 13.5. The monoisotopic (exact) mass is 307 g/mol. The third kappa shape index (κ3) is 6.99. The molecule has 0 saturated heterocycles. The highest BCUT2D eigenvalue weighted by atomic mass is 32.2. The molecule has 2 N–H and O–H groups in total. The summed E-state index contributed by atoms with van der Waals surface area (Å²) < 4.78 is 33.5. The first-order chi connectivity index (χ1) is 9.56. The fourth-order valence-electron chi connectivity index (χ4n) is 2.34. The lowest BCUT2D eigenvalue weighted by atomic mass is 9.98. The molecule has 0 aliphatic heterocycles. The van der Waals surface area contributed by atoms with Crippen LogP contribution in [0.4, 0.5) is 0 Å². The maximum absolute atomic E-state index is 11.9. The van der Waals surface area contributed by atoms with Gasteiger partial charge in [0, 0.05) is 20.1 Å². The molecule has 1 aliphatic rings. The van der Waals surface area contributed by atoms with Gasteiger partial charge in [0.2, 0.25) is 0 Å². The van der Waals surface area contributed by atoms with Crippen LogP contribution in [0.5, 0.6) is 0 Å². The predicted molar refractivity (Wildman–Crippen MR) is 80.9 cm³/mol. The molecule has 0 radical (unpaired) electrons. The van der Waals surface area contributed by atoms with Gasteiger partial charge in [-0.05, 0) is 32.9 Å². The number of hydrogen-bond acceptors (Lipinski definition) is 4. The van der Waals surface area contributed by atoms with Crippen molar-refractivity contribution in [1.82, 2.24) is 14.3 Å². The van der Waals surface area contributed by atoms with E-state index in [-0.39, 0.29) is 0 Å². The zero-order chi connectivity index (χ0) is 14.8. The smallest absolute Gasteiger partial charge is 0.279 e. The third-order valence-corrected chi connectivity index (χ3v) is 5.17. The first-order valence-corrected chi connectivity index (χ1v) is 8.97. The first kappa shape index (κ1) is 17.8. The van der Waals surface area contributed by atoms with E-state index in [0.717, 1.165) is 25.8 Å². The van der Waals surface area contributed by atoms with Crippen molar-refractivity contribution < 1.29 is 13.2 Å². The van der Waals surface area contributed by atoms with E-state index in [4.69, 9.17) is 4.74 Å². The van der Waals surface area contributed by atoms with Crippen LogP contribution in [0, 0.1) is 0 Å². The molecule has 7 heteroatoms. The van der Waals surface area contributed by atoms with Crippen molar-refractivity contribution in [2.75, 3.05) is 40.3 Å². The summed E-state index contributed by atoms with van der Waals surface area (Å²) in [5.41, 5.74) is 0. The summed E-state index contributed by atoms with van der Waals surface area (Å²) in [6, 6.07) is 0. The van der Waals surface area contributed by atoms with Crippen LogP contribution in [-0.2, 0) is 14.9 Å². The van der Waals surface area contributed by atoms with E-state index in [1.807, 2.05) is 7.05 Å². The van der Waals surface area contributed by atoms with Crippen molar-refractivity contribution in [3.8, 4) is 0 Å². The summed E-state index contributed by atoms with van der Waals surface area (Å²) in [5.74, 6) is 0. The summed E-state index contributed by atoms with van der Waals surface area (Å²) in [6.07, 6.45) is 7.08. The molecule has 1 fully saturated rings. The topological polar surface area (TPSA) is 70.7 Å². The molecule has 0 amide bonds. The Morgan fingerprint density at radius 3 is 2.55 bits per heavy atom. The molecule has 20 heavy (non-hydrogen) atoms. The van der Waals surface area contributed by atoms with Gasteiger partial charge >= 0.3 is 0 Å². The maximum Gasteiger partial charge on any atom is 0.279 e. The molecule has 0 aromatic rings. The molecule has 6 nitrogen and oxygen atoms in total. The highest BCUT2D eigenvalue weighted by molar-refractivity contribution is 7.87. The van der Waals surface area contributed by atoms with E-state index in [2.05, 4.69) is 10.0 Å². The number of ether oxygens (including phenoxy) is 1. The molecule has 1 saturated carbocycles. The van der Waals surface area contributed by atoms with Crippen molar-refractivity contribution in [3.63, 3.8) is 0 Å². The molecule has 0 unspecified atom stereocenters. The zero-order valence-electron chi connectivity index (χ0n) is 12.7. The summed E-state index contributed by atoms with van der Waals surface area (Å²) >= 11 is 0. The highest BCUT2D eigenvalue weighted by Crippen LogP contribution is 2.19. The van der Waals surface area contributed by atoms with E-state index in [1.54, 1.807) is 7.05 Å². The second-order valence-corrected chi connectivity index (χ2v) is 7.17. The van der Waals surface area contributed by atoms with Crippen LogP contribution in [0.2, 0.25) is 0 Å². The van der Waals surface area contributed by atoms with E-state index in [9.17, 15) is 8.42 Å². The molecular formula is C13H29N3O3S. The van der Waals surface area contributed by atoms with Crippen LogP contribution in [0.25, 0.3) is 0 Å². The van der Waals surface area contributed by atoms with Crippen molar-refractivity contribution in [2.45, 2.75) is 44.6 Å². The average molecular weight is 307 g/mol. The van der Waals surface area contributed by atoms with Crippen LogP contribution < -0.4 is 10.0 Å². The molecular weight excluding hydrogens is 278 g/mol. The van der Waals surface area contributed by atoms with E-state index in [0.29, 0.717) is 25.8 Å². The van der Waals surface area contributed by atoms with Gasteiger partial charge in [-0.15, -0.1) is 0 Å². The van der Waals surface area contributed by atoms with Gasteiger partial charge in [-0.2, -0.15) is 17.4 Å². The average Bonchev–Trinajstić information content (AvgIpc) is 2.45. The summed E-state index contributed by atoms with van der Waals surface area (Å²) in [4.78, 5) is 0. The molecule has 1 aliphatic carbocycles. The minimum atomic E-state index is -3.37. The van der Waals surface area contributed by atoms with Crippen LogP contribution in [-0.4, -0.2) is 59.2 Å². The molecule has 0 atom stereocenters. The Balaban J connectivity index is 2.14. The SMILES string of the molecule is CNCCCN(C)S(=O)(=O)NCCOC1CCCCC1. The number of nitrogens with zero attached hydrogens (tertiary/aromatic N) is 1. The lowest BCUT2D eigenvalue weighted by molar-refractivity contribution is 0.0320. The molecule has 1 rings (SSSR count). The normalized spacial score (nSPS) is 17.8. The van der Waals surface area contributed by atoms with Crippen LogP contribution in [0.15, 0.2) is 0 Å². The highest BCUT2D eigenvalue weighted by Gasteiger charge is 2.17. The number of nitrogens with one attached hydrogen (secondary N) is 2. The van der Waals surface area contributed by atoms with Crippen molar-refractivity contribution in [2.24, 2.45) is 0 Å². The van der Waals surface area contributed by atoms with Crippen molar-refractivity contribution in [1.29, 1.82) is 0 Å². The lowest BCUT2D eigenvalue weighted by Gasteiger charge is -2.22. The Hall–Kier alpha value is -0.210. The largest absolute Gasteiger partial charge is 0.377 e. The standard InChI is InChI=1S/C13H29N3O3S/c1-14-9-6-11-16(2)20(17,18)15-10-12-19-13-7-4-3-5-8-13/h13-15H,3-12H2,1-2H3. The fourth-order valence-corrected chi connectivity index (χ4v) is 3.27. The van der Waals surface area contributed by atoms with Gasteiger partial charge < -0.3 is 10.1 Å². The quantitative estimate of drug-likeness (QED) is 0.583. The molecule has 0 spiro atoms. The summed E-state index contributed by atoms with van der Waals surface area (Å²) in [6.45, 7) is 2.12. The Bertz CT molecular complexity index is 343. The Morgan fingerprint density at radius 2 is 1.90 bits per heavy atom. The number of rotatable bonds is 10. The molecule has 120 valence electrons. The van der Waals surface area contributed by atoms with Gasteiger partial charge in [0.1, 0.15) is 0 Å². The van der Waals surface area contributed by atoms with E-state index >= 15 is 0 Å². The van der Waals surface area contributed by atoms with Crippen LogP contribution in [0.1, 0.15) is 38.5 Å². The second-order valence-electron chi connectivity index (χ2n) is 5.31. The van der Waals surface area contributed by atoms with Crippen molar-refractivity contribution in [3.05, 3.63) is 0 Å². The van der Waals surface area contributed by atoms with E-state index < -0.39 is 10.2 Å². The Kier molecular flexibility index (Phi) is 8.63. The first-order valence-electron chi connectivity index (χ1n) is 7.53. The summed E-state index contributed by atoms with van der Waals surface area (Å²) in [5, 5.41) is 3.00. The predicted octanol–water partition coefficient (Wildman–Crippen LogP) is 0.711. The fraction of sp³-hybridized carbons (Fsp3) is 1.00. The maximum atomic E-state index is 11.9. The van der Waals surface area contributed by atoms with Gasteiger partial charge in [-0.1, -0.05) is 19.3 Å². The molecule has 0 heterocycles. The minimum Gasteiger partial charge on any atom is -0.377 e. The Morgan fingerprint density at radius 1 is 1.20 bits per heavy atom. The minimum absolute atomic E-state index is 0.321. The summed E-state index contributed by atoms with van der Waals surface area (Å²) in [7, 11) is 0.0856. The van der Waals surface area contributed by atoms with Crippen LogP contribution in [0.3, 0.4) is 0 Å². The second kappa shape index (κ2) is 9.68. The van der Waals surface area contributed by atoms with Gasteiger partial charge in [0.15, 0.2) is 0 Å². The van der Waals surface area contributed by atoms with Gasteiger partial charge in [0.05, 0.1) is 12.7 Å². The molecule has 0 bridgehead atoms. The molecule has 0 aromatic carbocycles. The van der Waals surface area contributed by atoms with Crippen molar-refractivity contribution >= 4 is 10.2 Å². The van der Waals surface area contributed by atoms with Crippen LogP contribution >= 0.6 is 0 Å².